The number of hydrogen-bond acceptors (Lipinski definition) is 4. The van der Waals surface area contributed by atoms with Gasteiger partial charge in [0.05, 0.1) is 6.61 Å². The van der Waals surface area contributed by atoms with E-state index >= 15 is 0 Å². The highest BCUT2D eigenvalue weighted by Crippen LogP contribution is 2.21. The van der Waals surface area contributed by atoms with Gasteiger partial charge in [0, 0.05) is 31.0 Å². The summed E-state index contributed by atoms with van der Waals surface area (Å²) in [4.78, 5) is 2.48. The lowest BCUT2D eigenvalue weighted by Gasteiger charge is -2.28. The van der Waals surface area contributed by atoms with Crippen molar-refractivity contribution in [2.45, 2.75) is 25.8 Å². The minimum atomic E-state index is 0.0351. The third kappa shape index (κ3) is 4.65. The zero-order valence-corrected chi connectivity index (χ0v) is 14.1. The second-order valence-electron chi connectivity index (χ2n) is 6.16. The van der Waals surface area contributed by atoms with E-state index in [1.165, 1.54) is 43.6 Å². The fraction of sp³-hybridized carbons (Fsp3) is 0.400. The summed E-state index contributed by atoms with van der Waals surface area (Å²) in [5.41, 5.74) is 3.67. The Balaban J connectivity index is 1.50. The monoisotopic (exact) mass is 326 g/mol. The van der Waals surface area contributed by atoms with E-state index < -0.39 is 0 Å². The smallest absolute Gasteiger partial charge is 0.119 e. The van der Waals surface area contributed by atoms with Crippen molar-refractivity contribution in [3.8, 4) is 5.75 Å². The van der Waals surface area contributed by atoms with Crippen LogP contribution in [0.5, 0.6) is 5.75 Å². The lowest BCUT2D eigenvalue weighted by Crippen LogP contribution is -2.29. The van der Waals surface area contributed by atoms with Gasteiger partial charge in [-0.2, -0.15) is 0 Å². The van der Waals surface area contributed by atoms with Crippen molar-refractivity contribution in [1.82, 2.24) is 0 Å². The molecule has 0 unspecified atom stereocenters. The molecule has 128 valence electrons. The normalized spacial score (nSPS) is 14.5. The number of rotatable bonds is 7. The number of nitrogens with one attached hydrogen (secondary N) is 1. The van der Waals surface area contributed by atoms with Crippen molar-refractivity contribution in [2.75, 3.05) is 36.5 Å². The molecule has 0 radical (unpaired) electrons. The van der Waals surface area contributed by atoms with Gasteiger partial charge in [-0.1, -0.05) is 12.1 Å². The fourth-order valence-electron chi connectivity index (χ4n) is 3.01. The van der Waals surface area contributed by atoms with E-state index in [2.05, 4.69) is 34.5 Å². The molecular formula is C20H26N2O2. The quantitative estimate of drug-likeness (QED) is 0.815. The Kier molecular flexibility index (Phi) is 5.96. The summed E-state index contributed by atoms with van der Waals surface area (Å²) in [6.07, 6.45) is 3.98. The van der Waals surface area contributed by atoms with Crippen LogP contribution >= 0.6 is 0 Å². The van der Waals surface area contributed by atoms with Crippen molar-refractivity contribution >= 4 is 11.4 Å². The molecule has 1 heterocycles. The number of aliphatic hydroxyl groups is 1. The maximum Gasteiger partial charge on any atom is 0.119 e. The van der Waals surface area contributed by atoms with Gasteiger partial charge in [0.2, 0.25) is 0 Å². The molecule has 0 aliphatic carbocycles. The van der Waals surface area contributed by atoms with Gasteiger partial charge in [-0.15, -0.1) is 0 Å². The average molecular weight is 326 g/mol. The van der Waals surface area contributed by atoms with E-state index in [0.717, 1.165) is 18.0 Å². The molecule has 1 saturated heterocycles. The van der Waals surface area contributed by atoms with Crippen LogP contribution in [0.1, 0.15) is 24.8 Å². The summed E-state index contributed by atoms with van der Waals surface area (Å²) < 4.78 is 5.36. The number of nitrogens with zero attached hydrogens (tertiary/aromatic N) is 1. The number of ether oxygens (including phenoxy) is 1. The van der Waals surface area contributed by atoms with E-state index in [-0.39, 0.29) is 6.61 Å². The molecule has 2 N–H and O–H groups in total. The number of anilines is 2. The van der Waals surface area contributed by atoms with Crippen molar-refractivity contribution in [3.05, 3.63) is 54.1 Å². The minimum absolute atomic E-state index is 0.0351. The van der Waals surface area contributed by atoms with Crippen LogP contribution in [0, 0.1) is 0 Å². The topological polar surface area (TPSA) is 44.7 Å². The fourth-order valence-corrected chi connectivity index (χ4v) is 3.01. The van der Waals surface area contributed by atoms with Gasteiger partial charge in [-0.05, 0) is 61.2 Å². The largest absolute Gasteiger partial charge is 0.491 e. The molecule has 2 aromatic rings. The molecule has 0 aromatic heterocycles. The predicted octanol–water partition coefficient (Wildman–Crippen LogP) is 3.66. The van der Waals surface area contributed by atoms with Crippen LogP contribution in [0.3, 0.4) is 0 Å². The van der Waals surface area contributed by atoms with Crippen LogP contribution in [-0.2, 0) is 6.54 Å². The highest BCUT2D eigenvalue weighted by atomic mass is 16.5. The molecule has 0 bridgehead atoms. The average Bonchev–Trinajstić information content (AvgIpc) is 2.67. The molecule has 2 aromatic carbocycles. The van der Waals surface area contributed by atoms with Gasteiger partial charge >= 0.3 is 0 Å². The van der Waals surface area contributed by atoms with Gasteiger partial charge in [-0.3, -0.25) is 0 Å². The molecule has 0 saturated carbocycles. The number of hydrogen-bond donors (Lipinski definition) is 2. The summed E-state index contributed by atoms with van der Waals surface area (Å²) in [5.74, 6) is 0.778. The molecule has 1 aliphatic rings. The first-order valence-electron chi connectivity index (χ1n) is 8.76. The van der Waals surface area contributed by atoms with Crippen LogP contribution in [0.15, 0.2) is 48.5 Å². The van der Waals surface area contributed by atoms with Crippen LogP contribution in [0.4, 0.5) is 11.4 Å². The van der Waals surface area contributed by atoms with Crippen molar-refractivity contribution in [2.24, 2.45) is 0 Å². The predicted molar refractivity (Wildman–Crippen MR) is 98.9 cm³/mol. The Morgan fingerprint density at radius 1 is 0.917 bits per heavy atom. The molecule has 1 fully saturated rings. The molecular weight excluding hydrogens is 300 g/mol. The lowest BCUT2D eigenvalue weighted by molar-refractivity contribution is 0.201. The third-order valence-electron chi connectivity index (χ3n) is 4.37. The highest BCUT2D eigenvalue weighted by molar-refractivity contribution is 5.50. The van der Waals surface area contributed by atoms with E-state index in [1.807, 2.05) is 24.3 Å². The Bertz CT molecular complexity index is 605. The molecule has 4 nitrogen and oxygen atoms in total. The van der Waals surface area contributed by atoms with E-state index in [9.17, 15) is 0 Å². The lowest BCUT2D eigenvalue weighted by atomic mass is 10.1. The van der Waals surface area contributed by atoms with Crippen molar-refractivity contribution in [1.29, 1.82) is 0 Å². The number of aliphatic hydroxyl groups excluding tert-OH is 1. The summed E-state index contributed by atoms with van der Waals surface area (Å²) in [6, 6.07) is 16.7. The Hall–Kier alpha value is -2.20. The number of piperidine rings is 1. The first-order valence-corrected chi connectivity index (χ1v) is 8.76. The first-order chi connectivity index (χ1) is 11.8. The van der Waals surface area contributed by atoms with Crippen LogP contribution in [-0.4, -0.2) is 31.4 Å². The molecule has 4 heteroatoms. The van der Waals surface area contributed by atoms with Crippen molar-refractivity contribution < 1.29 is 9.84 Å². The number of benzene rings is 2. The van der Waals surface area contributed by atoms with Gasteiger partial charge in [0.15, 0.2) is 0 Å². The molecule has 0 atom stereocenters. The van der Waals surface area contributed by atoms with Gasteiger partial charge in [0.1, 0.15) is 12.4 Å². The van der Waals surface area contributed by atoms with E-state index in [4.69, 9.17) is 9.84 Å². The summed E-state index contributed by atoms with van der Waals surface area (Å²) in [6.45, 7) is 3.53. The molecule has 0 spiro atoms. The maximum atomic E-state index is 8.75. The van der Waals surface area contributed by atoms with Gasteiger partial charge < -0.3 is 20.1 Å². The molecule has 0 amide bonds. The molecule has 1 aliphatic heterocycles. The Morgan fingerprint density at radius 2 is 1.62 bits per heavy atom. The zero-order valence-electron chi connectivity index (χ0n) is 14.1. The zero-order chi connectivity index (χ0) is 16.6. The summed E-state index contributed by atoms with van der Waals surface area (Å²) in [5, 5.41) is 12.2. The van der Waals surface area contributed by atoms with Crippen LogP contribution in [0.2, 0.25) is 0 Å². The molecule has 24 heavy (non-hydrogen) atoms. The summed E-state index contributed by atoms with van der Waals surface area (Å²) >= 11 is 0. The molecule has 3 rings (SSSR count). The van der Waals surface area contributed by atoms with Gasteiger partial charge in [-0.25, -0.2) is 0 Å². The van der Waals surface area contributed by atoms with E-state index in [0.29, 0.717) is 6.61 Å². The standard InChI is InChI=1S/C20H26N2O2/c23-14-15-24-20-10-6-18(7-11-20)21-16-17-4-8-19(9-5-17)22-12-2-1-3-13-22/h4-11,21,23H,1-3,12-16H2. The van der Waals surface area contributed by atoms with E-state index in [1.54, 1.807) is 0 Å². The second-order valence-corrected chi connectivity index (χ2v) is 6.16. The Morgan fingerprint density at radius 3 is 2.29 bits per heavy atom. The Labute approximate surface area is 144 Å². The van der Waals surface area contributed by atoms with Crippen LogP contribution < -0.4 is 15.0 Å². The second kappa shape index (κ2) is 8.60. The minimum Gasteiger partial charge on any atom is -0.491 e. The SMILES string of the molecule is OCCOc1ccc(NCc2ccc(N3CCCCC3)cc2)cc1. The van der Waals surface area contributed by atoms with Gasteiger partial charge in [0.25, 0.3) is 0 Å². The maximum absolute atomic E-state index is 8.75. The third-order valence-corrected chi connectivity index (χ3v) is 4.37. The van der Waals surface area contributed by atoms with Crippen LogP contribution in [0.25, 0.3) is 0 Å². The highest BCUT2D eigenvalue weighted by Gasteiger charge is 2.10. The summed E-state index contributed by atoms with van der Waals surface area (Å²) in [7, 11) is 0. The van der Waals surface area contributed by atoms with Crippen molar-refractivity contribution in [3.63, 3.8) is 0 Å². The first kappa shape index (κ1) is 16.7.